The molecule has 3 rings (SSSR count). The molecule has 0 saturated carbocycles. The first-order valence-electron chi connectivity index (χ1n) is 7.17. The van der Waals surface area contributed by atoms with E-state index in [4.69, 9.17) is 27.7 Å². The zero-order chi connectivity index (χ0) is 15.9. The van der Waals surface area contributed by atoms with E-state index in [-0.39, 0.29) is 6.04 Å². The molecule has 0 amide bonds. The number of fused-ring (bicyclic) bond motifs is 1. The van der Waals surface area contributed by atoms with Crippen molar-refractivity contribution in [2.75, 3.05) is 7.05 Å². The quantitative estimate of drug-likeness (QED) is 0.925. The Hall–Kier alpha value is -1.14. The normalized spacial score (nSPS) is 20.6. The van der Waals surface area contributed by atoms with E-state index in [9.17, 15) is 5.11 Å². The van der Waals surface area contributed by atoms with Crippen LogP contribution in [0.3, 0.4) is 0 Å². The number of aliphatic hydroxyl groups excluding tert-OH is 1. The van der Waals surface area contributed by atoms with E-state index in [1.54, 1.807) is 6.07 Å². The number of aryl methyl sites for hydroxylation is 1. The van der Waals surface area contributed by atoms with Gasteiger partial charge in [0.05, 0.1) is 18.7 Å². The molecule has 1 aliphatic rings. The molecule has 7 heteroatoms. The van der Waals surface area contributed by atoms with E-state index < -0.39 is 6.10 Å². The third-order valence-electron chi connectivity index (χ3n) is 3.98. The monoisotopic (exact) mass is 341 g/mol. The summed E-state index contributed by atoms with van der Waals surface area (Å²) in [5.74, 6) is 1.22. The van der Waals surface area contributed by atoms with Crippen LogP contribution in [0.4, 0.5) is 0 Å². The number of rotatable bonds is 4. The van der Waals surface area contributed by atoms with E-state index in [1.165, 1.54) is 0 Å². The maximum absolute atomic E-state index is 10.4. The third-order valence-corrected chi connectivity index (χ3v) is 4.53. The summed E-state index contributed by atoms with van der Waals surface area (Å²) in [6, 6.07) is 3.39. The predicted octanol–water partition coefficient (Wildman–Crippen LogP) is 3.03. The molecule has 1 N–H and O–H groups in total. The average Bonchev–Trinajstić information content (AvgIpc) is 3.02. The van der Waals surface area contributed by atoms with Gasteiger partial charge >= 0.3 is 0 Å². The molecule has 0 aliphatic heterocycles. The van der Waals surface area contributed by atoms with E-state index in [0.29, 0.717) is 34.7 Å². The van der Waals surface area contributed by atoms with Gasteiger partial charge in [-0.2, -0.15) is 4.98 Å². The highest BCUT2D eigenvalue weighted by Gasteiger charge is 2.36. The summed E-state index contributed by atoms with van der Waals surface area (Å²) in [7, 11) is 1.91. The molecule has 118 valence electrons. The van der Waals surface area contributed by atoms with Crippen molar-refractivity contribution in [2.45, 2.75) is 38.5 Å². The number of likely N-dealkylation sites (N-methyl/N-ethyl adjacent to an activating group) is 1. The van der Waals surface area contributed by atoms with Crippen LogP contribution in [-0.2, 0) is 19.4 Å². The molecular formula is C15H17Cl2N3O2. The Balaban J connectivity index is 1.85. The minimum atomic E-state index is -0.537. The van der Waals surface area contributed by atoms with Gasteiger partial charge in [0.2, 0.25) is 5.89 Å². The van der Waals surface area contributed by atoms with Crippen molar-refractivity contribution in [3.8, 4) is 0 Å². The summed E-state index contributed by atoms with van der Waals surface area (Å²) in [4.78, 5) is 6.29. The number of aliphatic hydroxyl groups is 1. The summed E-state index contributed by atoms with van der Waals surface area (Å²) in [5.41, 5.74) is 1.91. The van der Waals surface area contributed by atoms with Gasteiger partial charge in [-0.3, -0.25) is 4.90 Å². The molecule has 1 aromatic carbocycles. The summed E-state index contributed by atoms with van der Waals surface area (Å²) in [6.45, 7) is 2.43. The van der Waals surface area contributed by atoms with Crippen molar-refractivity contribution in [2.24, 2.45) is 0 Å². The molecule has 0 bridgehead atoms. The third kappa shape index (κ3) is 2.86. The fraction of sp³-hybridized carbons (Fsp3) is 0.467. The molecule has 0 saturated heterocycles. The first kappa shape index (κ1) is 15.7. The Morgan fingerprint density at radius 3 is 2.86 bits per heavy atom. The second-order valence-corrected chi connectivity index (χ2v) is 6.39. The molecule has 2 atom stereocenters. The number of halogens is 2. The smallest absolute Gasteiger partial charge is 0.240 e. The van der Waals surface area contributed by atoms with Crippen LogP contribution < -0.4 is 0 Å². The molecular weight excluding hydrogens is 325 g/mol. The lowest BCUT2D eigenvalue weighted by molar-refractivity contribution is 0.0667. The fourth-order valence-electron chi connectivity index (χ4n) is 2.97. The van der Waals surface area contributed by atoms with Gasteiger partial charge in [-0.05, 0) is 30.3 Å². The Bertz CT molecular complexity index is 689. The van der Waals surface area contributed by atoms with E-state index in [2.05, 4.69) is 10.1 Å². The van der Waals surface area contributed by atoms with Crippen molar-refractivity contribution in [3.63, 3.8) is 0 Å². The summed E-state index contributed by atoms with van der Waals surface area (Å²) in [6.07, 6.45) is 0.710. The van der Waals surface area contributed by atoms with Crippen molar-refractivity contribution >= 4 is 23.2 Å². The molecule has 0 fully saturated rings. The van der Waals surface area contributed by atoms with Crippen LogP contribution in [-0.4, -0.2) is 33.3 Å². The number of hydrogen-bond acceptors (Lipinski definition) is 5. The molecule has 2 aromatic rings. The summed E-state index contributed by atoms with van der Waals surface area (Å²) >= 11 is 12.3. The second kappa shape index (κ2) is 6.16. The van der Waals surface area contributed by atoms with Gasteiger partial charge in [-0.15, -0.1) is 0 Å². The predicted molar refractivity (Wildman–Crippen MR) is 84.1 cm³/mol. The van der Waals surface area contributed by atoms with Gasteiger partial charge in [0.1, 0.15) is 0 Å². The van der Waals surface area contributed by atoms with Gasteiger partial charge in [0.15, 0.2) is 5.82 Å². The van der Waals surface area contributed by atoms with Crippen LogP contribution in [0, 0.1) is 0 Å². The number of nitrogens with zero attached hydrogens (tertiary/aromatic N) is 3. The molecule has 5 nitrogen and oxygen atoms in total. The molecule has 1 heterocycles. The van der Waals surface area contributed by atoms with E-state index in [1.807, 2.05) is 24.9 Å². The van der Waals surface area contributed by atoms with Crippen LogP contribution in [0.15, 0.2) is 16.7 Å². The van der Waals surface area contributed by atoms with Crippen LogP contribution in [0.5, 0.6) is 0 Å². The molecule has 0 radical (unpaired) electrons. The van der Waals surface area contributed by atoms with Crippen molar-refractivity contribution < 1.29 is 9.63 Å². The van der Waals surface area contributed by atoms with Gasteiger partial charge in [-0.25, -0.2) is 0 Å². The lowest BCUT2D eigenvalue weighted by atomic mass is 10.1. The topological polar surface area (TPSA) is 62.4 Å². The van der Waals surface area contributed by atoms with Crippen LogP contribution in [0.1, 0.15) is 35.8 Å². The maximum atomic E-state index is 10.4. The fourth-order valence-corrected chi connectivity index (χ4v) is 3.56. The Labute approximate surface area is 138 Å². The maximum Gasteiger partial charge on any atom is 0.240 e. The molecule has 2 unspecified atom stereocenters. The van der Waals surface area contributed by atoms with Crippen LogP contribution in [0.25, 0.3) is 0 Å². The minimum Gasteiger partial charge on any atom is -0.391 e. The molecule has 0 spiro atoms. The average molecular weight is 342 g/mol. The molecule has 22 heavy (non-hydrogen) atoms. The highest BCUT2D eigenvalue weighted by Crippen LogP contribution is 2.41. The van der Waals surface area contributed by atoms with Gasteiger partial charge in [-0.1, -0.05) is 35.3 Å². The summed E-state index contributed by atoms with van der Waals surface area (Å²) < 4.78 is 5.22. The highest BCUT2D eigenvalue weighted by molar-refractivity contribution is 6.35. The lowest BCUT2D eigenvalue weighted by Crippen LogP contribution is -2.30. The molecule has 1 aromatic heterocycles. The van der Waals surface area contributed by atoms with Crippen LogP contribution >= 0.6 is 23.2 Å². The Morgan fingerprint density at radius 2 is 2.18 bits per heavy atom. The zero-order valence-corrected chi connectivity index (χ0v) is 13.9. The number of aromatic nitrogens is 2. The first-order valence-corrected chi connectivity index (χ1v) is 7.92. The van der Waals surface area contributed by atoms with Crippen molar-refractivity contribution in [3.05, 3.63) is 45.0 Å². The second-order valence-electron chi connectivity index (χ2n) is 5.54. The highest BCUT2D eigenvalue weighted by atomic mass is 35.5. The first-order chi connectivity index (χ1) is 10.5. The standard InChI is InChI=1S/C15H17Cl2N3O2/c1-3-13-18-14(22-19-13)7-20(2)15-10-4-8(16)5-11(17)9(10)6-12(15)21/h4-5,12,15,21H,3,6-7H2,1-2H3. The van der Waals surface area contributed by atoms with E-state index >= 15 is 0 Å². The van der Waals surface area contributed by atoms with Gasteiger partial charge < -0.3 is 9.63 Å². The summed E-state index contributed by atoms with van der Waals surface area (Å²) in [5, 5.41) is 15.5. The number of hydrogen-bond donors (Lipinski definition) is 1. The lowest BCUT2D eigenvalue weighted by Gasteiger charge is -2.26. The minimum absolute atomic E-state index is 0.192. The Kier molecular flexibility index (Phi) is 4.41. The van der Waals surface area contributed by atoms with E-state index in [0.717, 1.165) is 17.5 Å². The van der Waals surface area contributed by atoms with Gasteiger partial charge in [0.25, 0.3) is 0 Å². The van der Waals surface area contributed by atoms with Crippen LogP contribution in [0.2, 0.25) is 10.0 Å². The SMILES string of the molecule is CCc1noc(CN(C)C2c3cc(Cl)cc(Cl)c3CC2O)n1. The number of benzene rings is 1. The Morgan fingerprint density at radius 1 is 1.41 bits per heavy atom. The van der Waals surface area contributed by atoms with Gasteiger partial charge in [0, 0.05) is 22.9 Å². The van der Waals surface area contributed by atoms with Crippen molar-refractivity contribution in [1.82, 2.24) is 15.0 Å². The van der Waals surface area contributed by atoms with Crippen molar-refractivity contribution in [1.29, 1.82) is 0 Å². The largest absolute Gasteiger partial charge is 0.391 e. The zero-order valence-electron chi connectivity index (χ0n) is 12.4. The molecule has 1 aliphatic carbocycles.